The summed E-state index contributed by atoms with van der Waals surface area (Å²) in [6.07, 6.45) is 2.05. The number of aliphatic hydroxyl groups excluding tert-OH is 1. The van der Waals surface area contributed by atoms with E-state index >= 15 is 0 Å². The van der Waals surface area contributed by atoms with E-state index in [-0.39, 0.29) is 36.5 Å². The third kappa shape index (κ3) is 5.43. The van der Waals surface area contributed by atoms with Gasteiger partial charge in [-0.25, -0.2) is 14.2 Å². The molecule has 8 nitrogen and oxygen atoms in total. The molecule has 184 valence electrons. The Balaban J connectivity index is 1.71. The number of benzene rings is 2. The summed E-state index contributed by atoms with van der Waals surface area (Å²) < 4.78 is 22.0. The molecular weight excluding hydrogens is 566 g/mol. The summed E-state index contributed by atoms with van der Waals surface area (Å²) in [4.78, 5) is 23.3. The predicted molar refractivity (Wildman–Crippen MR) is 139 cm³/mol. The third-order valence-electron chi connectivity index (χ3n) is 5.54. The molecule has 0 radical (unpaired) electrons. The minimum absolute atomic E-state index is 0.0966. The number of ether oxygens (including phenoxy) is 1. The van der Waals surface area contributed by atoms with Crippen LogP contribution in [0.3, 0.4) is 0 Å². The van der Waals surface area contributed by atoms with Gasteiger partial charge in [0.1, 0.15) is 29.7 Å². The maximum atomic E-state index is 14.5. The van der Waals surface area contributed by atoms with Crippen LogP contribution in [0.15, 0.2) is 53.5 Å². The number of halogens is 2. The Labute approximate surface area is 215 Å². The molecule has 2 heterocycles. The summed E-state index contributed by atoms with van der Waals surface area (Å²) in [5, 5.41) is 20.0. The highest BCUT2D eigenvalue weighted by atomic mass is 127. The van der Waals surface area contributed by atoms with Crippen molar-refractivity contribution in [1.29, 1.82) is 0 Å². The lowest BCUT2D eigenvalue weighted by Crippen LogP contribution is -2.25. The summed E-state index contributed by atoms with van der Waals surface area (Å²) in [5.74, 6) is 0.595. The number of aromatic amines is 2. The molecule has 0 unspecified atom stereocenters. The van der Waals surface area contributed by atoms with E-state index in [1.54, 1.807) is 36.4 Å². The van der Waals surface area contributed by atoms with Crippen molar-refractivity contribution in [1.82, 2.24) is 19.5 Å². The molecule has 4 aromatic rings. The van der Waals surface area contributed by atoms with Crippen molar-refractivity contribution >= 4 is 22.6 Å². The number of aromatic hydroxyl groups is 1. The van der Waals surface area contributed by atoms with Crippen LogP contribution in [0.2, 0.25) is 0 Å². The standard InChI is InChI=1S/C25H26FIN4O4/c1-14(2)11-21(23-28-13-20(29-23)18-8-5-16(27)12-19(18)26)31-24(33)22(30-25(31)34)15-3-6-17(7-4-15)35-10-9-32/h3-8,12-14,21,32-33H,9-11H2,1-2H3,(H,28,29)(H,30,34)/t21-/m0/s1. The van der Waals surface area contributed by atoms with Gasteiger partial charge in [0.15, 0.2) is 0 Å². The van der Waals surface area contributed by atoms with Crippen molar-refractivity contribution in [3.8, 4) is 34.1 Å². The maximum absolute atomic E-state index is 14.5. The molecule has 2 aromatic carbocycles. The van der Waals surface area contributed by atoms with Crippen molar-refractivity contribution in [2.24, 2.45) is 5.92 Å². The number of aromatic nitrogens is 4. The first-order chi connectivity index (χ1) is 16.8. The molecule has 0 aliphatic heterocycles. The van der Waals surface area contributed by atoms with Gasteiger partial charge in [0, 0.05) is 14.7 Å². The van der Waals surface area contributed by atoms with Crippen LogP contribution in [0, 0.1) is 15.3 Å². The average molecular weight is 592 g/mol. The Morgan fingerprint density at radius 3 is 2.57 bits per heavy atom. The fourth-order valence-electron chi connectivity index (χ4n) is 3.95. The van der Waals surface area contributed by atoms with Gasteiger partial charge >= 0.3 is 5.69 Å². The first kappa shape index (κ1) is 25.0. The Bertz CT molecular complexity index is 1360. The first-order valence-electron chi connectivity index (χ1n) is 11.2. The molecule has 0 amide bonds. The van der Waals surface area contributed by atoms with Gasteiger partial charge in [0.05, 0.1) is 24.5 Å². The zero-order chi connectivity index (χ0) is 25.1. The van der Waals surface area contributed by atoms with Crippen LogP contribution >= 0.6 is 22.6 Å². The highest BCUT2D eigenvalue weighted by Gasteiger charge is 2.27. The molecule has 0 aliphatic carbocycles. The van der Waals surface area contributed by atoms with Crippen LogP contribution in [-0.2, 0) is 0 Å². The molecule has 0 saturated heterocycles. The van der Waals surface area contributed by atoms with Crippen LogP contribution in [0.25, 0.3) is 22.5 Å². The molecule has 1 atom stereocenters. The minimum atomic E-state index is -0.597. The van der Waals surface area contributed by atoms with Gasteiger partial charge in [-0.1, -0.05) is 13.8 Å². The molecule has 0 spiro atoms. The van der Waals surface area contributed by atoms with E-state index in [4.69, 9.17) is 9.84 Å². The molecular formula is C25H26FIN4O4. The monoisotopic (exact) mass is 592 g/mol. The highest BCUT2D eigenvalue weighted by molar-refractivity contribution is 14.1. The average Bonchev–Trinajstić information content (AvgIpc) is 3.41. The van der Waals surface area contributed by atoms with Crippen LogP contribution in [0.1, 0.15) is 32.1 Å². The SMILES string of the molecule is CC(C)C[C@@H](c1ncc(-c2ccc(I)cc2F)[nH]1)n1c(O)c(-c2ccc(OCCO)cc2)[nH]c1=O. The van der Waals surface area contributed by atoms with Gasteiger partial charge in [-0.2, -0.15) is 0 Å². The van der Waals surface area contributed by atoms with E-state index in [9.17, 15) is 14.3 Å². The zero-order valence-corrected chi connectivity index (χ0v) is 21.4. The van der Waals surface area contributed by atoms with Gasteiger partial charge in [-0.05, 0) is 77.4 Å². The van der Waals surface area contributed by atoms with E-state index in [2.05, 4.69) is 15.0 Å². The zero-order valence-electron chi connectivity index (χ0n) is 19.3. The molecule has 10 heteroatoms. The Hall–Kier alpha value is -3.12. The predicted octanol–water partition coefficient (Wildman–Crippen LogP) is 4.69. The van der Waals surface area contributed by atoms with Crippen LogP contribution < -0.4 is 10.4 Å². The summed E-state index contributed by atoms with van der Waals surface area (Å²) in [7, 11) is 0. The molecule has 35 heavy (non-hydrogen) atoms. The number of imidazole rings is 2. The topological polar surface area (TPSA) is 116 Å². The van der Waals surface area contributed by atoms with E-state index in [1.807, 2.05) is 36.4 Å². The summed E-state index contributed by atoms with van der Waals surface area (Å²) in [6.45, 7) is 4.10. The fourth-order valence-corrected chi connectivity index (χ4v) is 4.40. The second-order valence-electron chi connectivity index (χ2n) is 8.55. The van der Waals surface area contributed by atoms with Crippen molar-refractivity contribution in [2.75, 3.05) is 13.2 Å². The third-order valence-corrected chi connectivity index (χ3v) is 6.22. The van der Waals surface area contributed by atoms with E-state index in [1.165, 1.54) is 16.8 Å². The van der Waals surface area contributed by atoms with Crippen molar-refractivity contribution in [2.45, 2.75) is 26.3 Å². The van der Waals surface area contributed by atoms with Crippen molar-refractivity contribution < 1.29 is 19.3 Å². The smallest absolute Gasteiger partial charge is 0.329 e. The lowest BCUT2D eigenvalue weighted by atomic mass is 10.0. The number of nitrogens with zero attached hydrogens (tertiary/aromatic N) is 2. The molecule has 0 fully saturated rings. The number of hydrogen-bond acceptors (Lipinski definition) is 5. The molecule has 4 N–H and O–H groups in total. The summed E-state index contributed by atoms with van der Waals surface area (Å²) in [5.41, 5.74) is 1.25. The number of aliphatic hydroxyl groups is 1. The molecule has 2 aromatic heterocycles. The first-order valence-corrected chi connectivity index (χ1v) is 12.2. The van der Waals surface area contributed by atoms with E-state index < -0.39 is 11.7 Å². The van der Waals surface area contributed by atoms with Crippen molar-refractivity contribution in [3.63, 3.8) is 0 Å². The normalized spacial score (nSPS) is 12.3. The van der Waals surface area contributed by atoms with E-state index in [0.29, 0.717) is 34.8 Å². The number of rotatable bonds is 9. The number of H-pyrrole nitrogens is 2. The van der Waals surface area contributed by atoms with Crippen LogP contribution in [0.5, 0.6) is 11.6 Å². The largest absolute Gasteiger partial charge is 0.493 e. The highest BCUT2D eigenvalue weighted by Crippen LogP contribution is 2.34. The van der Waals surface area contributed by atoms with Gasteiger partial charge in [-0.3, -0.25) is 4.57 Å². The Morgan fingerprint density at radius 2 is 1.91 bits per heavy atom. The number of nitrogens with one attached hydrogen (secondary N) is 2. The number of hydrogen-bond donors (Lipinski definition) is 4. The molecule has 0 aliphatic rings. The van der Waals surface area contributed by atoms with Crippen LogP contribution in [-0.4, -0.2) is 42.9 Å². The lowest BCUT2D eigenvalue weighted by Gasteiger charge is -2.18. The Morgan fingerprint density at radius 1 is 1.17 bits per heavy atom. The molecule has 0 saturated carbocycles. The van der Waals surface area contributed by atoms with Gasteiger partial charge in [0.2, 0.25) is 5.88 Å². The maximum Gasteiger partial charge on any atom is 0.329 e. The summed E-state index contributed by atoms with van der Waals surface area (Å²) in [6, 6.07) is 11.1. The molecule has 4 rings (SSSR count). The van der Waals surface area contributed by atoms with Crippen LogP contribution in [0.4, 0.5) is 4.39 Å². The Kier molecular flexibility index (Phi) is 7.60. The second kappa shape index (κ2) is 10.6. The molecule has 0 bridgehead atoms. The van der Waals surface area contributed by atoms with E-state index in [0.717, 1.165) is 3.57 Å². The van der Waals surface area contributed by atoms with Crippen molar-refractivity contribution in [3.05, 3.63) is 74.4 Å². The van der Waals surface area contributed by atoms with Gasteiger partial charge < -0.3 is 24.9 Å². The quantitative estimate of drug-likeness (QED) is 0.211. The van der Waals surface area contributed by atoms with Gasteiger partial charge in [0.25, 0.3) is 0 Å². The van der Waals surface area contributed by atoms with Gasteiger partial charge in [-0.15, -0.1) is 0 Å². The second-order valence-corrected chi connectivity index (χ2v) is 9.79. The summed E-state index contributed by atoms with van der Waals surface area (Å²) >= 11 is 2.05. The fraction of sp³-hybridized carbons (Fsp3) is 0.280. The minimum Gasteiger partial charge on any atom is -0.493 e. The lowest BCUT2D eigenvalue weighted by molar-refractivity contribution is 0.201.